The third-order valence-corrected chi connectivity index (χ3v) is 6.97. The molecule has 1 N–H and O–H groups in total. The van der Waals surface area contributed by atoms with E-state index in [4.69, 9.17) is 5.21 Å². The summed E-state index contributed by atoms with van der Waals surface area (Å²) >= 11 is 0. The number of nitrogens with zero attached hydrogens (tertiary/aromatic N) is 2. The van der Waals surface area contributed by atoms with Gasteiger partial charge in [0, 0.05) is 19.0 Å². The van der Waals surface area contributed by atoms with Crippen LogP contribution in [0.3, 0.4) is 0 Å². The van der Waals surface area contributed by atoms with Crippen LogP contribution < -0.4 is 0 Å². The quantitative estimate of drug-likeness (QED) is 0.476. The standard InChI is InChI=1S/C18H28N2O/c1-12-17-9-14-5-6-15(19-21)10-16(14)18(12,2)7-8-20(17)11-13-3-4-13/h12-13,17,21H,3-11H2,1-2H3/t12-,17-,18-/m1/s1. The molecule has 2 fully saturated rings. The predicted octanol–water partition coefficient (Wildman–Crippen LogP) is 3.83. The molecule has 3 atom stereocenters. The van der Waals surface area contributed by atoms with Crippen molar-refractivity contribution in [3.05, 3.63) is 11.1 Å². The minimum Gasteiger partial charge on any atom is -0.411 e. The van der Waals surface area contributed by atoms with Gasteiger partial charge in [-0.3, -0.25) is 4.90 Å². The van der Waals surface area contributed by atoms with E-state index in [1.165, 1.54) is 38.8 Å². The van der Waals surface area contributed by atoms with Crippen molar-refractivity contribution in [2.45, 2.75) is 64.8 Å². The smallest absolute Gasteiger partial charge is 0.0614 e. The molecule has 21 heavy (non-hydrogen) atoms. The highest BCUT2D eigenvalue weighted by atomic mass is 16.4. The van der Waals surface area contributed by atoms with Gasteiger partial charge in [-0.15, -0.1) is 0 Å². The Bertz CT molecular complexity index is 505. The van der Waals surface area contributed by atoms with E-state index in [9.17, 15) is 0 Å². The van der Waals surface area contributed by atoms with Gasteiger partial charge in [-0.05, 0) is 62.3 Å². The molecule has 3 aliphatic carbocycles. The van der Waals surface area contributed by atoms with Crippen molar-refractivity contribution in [3.63, 3.8) is 0 Å². The minimum atomic E-state index is 0.342. The number of allylic oxidation sites excluding steroid dienone is 1. The number of fused-ring (bicyclic) bond motifs is 3. The van der Waals surface area contributed by atoms with Crippen LogP contribution in [0.1, 0.15) is 58.8 Å². The zero-order valence-corrected chi connectivity index (χ0v) is 13.4. The lowest BCUT2D eigenvalue weighted by molar-refractivity contribution is 0.00422. The predicted molar refractivity (Wildman–Crippen MR) is 84.7 cm³/mol. The highest BCUT2D eigenvalue weighted by Gasteiger charge is 2.50. The van der Waals surface area contributed by atoms with Gasteiger partial charge in [0.05, 0.1) is 5.71 Å². The normalized spacial score (nSPS) is 42.3. The van der Waals surface area contributed by atoms with Crippen molar-refractivity contribution >= 4 is 5.71 Å². The van der Waals surface area contributed by atoms with Gasteiger partial charge in [-0.2, -0.15) is 0 Å². The van der Waals surface area contributed by atoms with Crippen molar-refractivity contribution < 1.29 is 5.21 Å². The summed E-state index contributed by atoms with van der Waals surface area (Å²) < 4.78 is 0. The second-order valence-corrected chi connectivity index (χ2v) is 8.09. The summed E-state index contributed by atoms with van der Waals surface area (Å²) in [6.07, 6.45) is 8.51. The van der Waals surface area contributed by atoms with Crippen LogP contribution in [0.25, 0.3) is 0 Å². The van der Waals surface area contributed by atoms with E-state index in [0.717, 1.165) is 42.9 Å². The first-order valence-electron chi connectivity index (χ1n) is 8.77. The third kappa shape index (κ3) is 2.16. The first-order valence-corrected chi connectivity index (χ1v) is 8.77. The van der Waals surface area contributed by atoms with Crippen LogP contribution in [0.4, 0.5) is 0 Å². The molecule has 3 nitrogen and oxygen atoms in total. The summed E-state index contributed by atoms with van der Waals surface area (Å²) in [7, 11) is 0. The van der Waals surface area contributed by atoms with Gasteiger partial charge >= 0.3 is 0 Å². The Labute approximate surface area is 128 Å². The number of hydrogen-bond acceptors (Lipinski definition) is 3. The zero-order chi connectivity index (χ0) is 14.6. The molecule has 2 bridgehead atoms. The summed E-state index contributed by atoms with van der Waals surface area (Å²) in [6, 6.07) is 0.760. The molecule has 0 aromatic rings. The second kappa shape index (κ2) is 4.84. The van der Waals surface area contributed by atoms with Gasteiger partial charge in [0.2, 0.25) is 0 Å². The molecule has 0 amide bonds. The molecular weight excluding hydrogens is 260 g/mol. The van der Waals surface area contributed by atoms with Gasteiger partial charge in [-0.1, -0.05) is 30.1 Å². The second-order valence-electron chi connectivity index (χ2n) is 8.09. The summed E-state index contributed by atoms with van der Waals surface area (Å²) in [5.41, 5.74) is 4.68. The van der Waals surface area contributed by atoms with Crippen LogP contribution in [0.2, 0.25) is 0 Å². The highest BCUT2D eigenvalue weighted by molar-refractivity contribution is 5.88. The topological polar surface area (TPSA) is 35.8 Å². The lowest BCUT2D eigenvalue weighted by Gasteiger charge is -2.56. The van der Waals surface area contributed by atoms with Crippen molar-refractivity contribution in [3.8, 4) is 0 Å². The maximum atomic E-state index is 9.16. The first kappa shape index (κ1) is 13.8. The first-order chi connectivity index (χ1) is 10.1. The molecule has 116 valence electrons. The lowest BCUT2D eigenvalue weighted by atomic mass is 9.56. The third-order valence-electron chi connectivity index (χ3n) is 6.97. The van der Waals surface area contributed by atoms with Crippen molar-refractivity contribution in [1.82, 2.24) is 4.90 Å². The van der Waals surface area contributed by atoms with Gasteiger partial charge in [0.25, 0.3) is 0 Å². The fraction of sp³-hybridized carbons (Fsp3) is 0.833. The highest BCUT2D eigenvalue weighted by Crippen LogP contribution is 2.55. The molecule has 4 aliphatic rings. The van der Waals surface area contributed by atoms with E-state index >= 15 is 0 Å². The Balaban J connectivity index is 1.64. The van der Waals surface area contributed by atoms with Gasteiger partial charge in [0.1, 0.15) is 0 Å². The SMILES string of the molecule is C[C@@H]1[C@H]2CC3=C(CC(=NO)CC3)[C@]1(C)CCN2CC1CC1. The maximum Gasteiger partial charge on any atom is 0.0614 e. The van der Waals surface area contributed by atoms with Crippen molar-refractivity contribution in [2.24, 2.45) is 22.4 Å². The molecule has 1 saturated heterocycles. The molecule has 0 spiro atoms. The van der Waals surface area contributed by atoms with E-state index in [-0.39, 0.29) is 0 Å². The lowest BCUT2D eigenvalue weighted by Crippen LogP contribution is -2.56. The molecule has 1 saturated carbocycles. The Morgan fingerprint density at radius 1 is 1.33 bits per heavy atom. The summed E-state index contributed by atoms with van der Waals surface area (Å²) in [5.74, 6) is 1.73. The molecule has 0 aromatic heterocycles. The van der Waals surface area contributed by atoms with Gasteiger partial charge < -0.3 is 5.21 Å². The van der Waals surface area contributed by atoms with E-state index in [1.807, 2.05) is 0 Å². The molecule has 1 heterocycles. The largest absolute Gasteiger partial charge is 0.411 e. The molecule has 1 aliphatic heterocycles. The fourth-order valence-corrected chi connectivity index (χ4v) is 5.13. The van der Waals surface area contributed by atoms with Crippen LogP contribution in [0.5, 0.6) is 0 Å². The van der Waals surface area contributed by atoms with E-state index in [0.29, 0.717) is 5.41 Å². The average Bonchev–Trinajstić information content (AvgIpc) is 3.30. The maximum absolute atomic E-state index is 9.16. The number of rotatable bonds is 2. The summed E-state index contributed by atoms with van der Waals surface area (Å²) in [6.45, 7) is 7.56. The van der Waals surface area contributed by atoms with Gasteiger partial charge in [-0.25, -0.2) is 0 Å². The van der Waals surface area contributed by atoms with Crippen molar-refractivity contribution in [2.75, 3.05) is 13.1 Å². The van der Waals surface area contributed by atoms with Crippen LogP contribution in [-0.2, 0) is 0 Å². The Hall–Kier alpha value is -0.830. The van der Waals surface area contributed by atoms with Crippen LogP contribution in [-0.4, -0.2) is 35.0 Å². The Kier molecular flexibility index (Phi) is 3.18. The number of hydrogen-bond donors (Lipinski definition) is 1. The molecule has 0 aromatic carbocycles. The Morgan fingerprint density at radius 3 is 2.86 bits per heavy atom. The average molecular weight is 288 g/mol. The number of oxime groups is 1. The Morgan fingerprint density at radius 2 is 2.14 bits per heavy atom. The van der Waals surface area contributed by atoms with E-state index in [1.54, 1.807) is 11.1 Å². The number of likely N-dealkylation sites (tertiary alicyclic amines) is 1. The monoisotopic (exact) mass is 288 g/mol. The fourth-order valence-electron chi connectivity index (χ4n) is 5.13. The minimum absolute atomic E-state index is 0.342. The summed E-state index contributed by atoms with van der Waals surface area (Å²) in [5, 5.41) is 12.7. The van der Waals surface area contributed by atoms with E-state index < -0.39 is 0 Å². The molecule has 0 unspecified atom stereocenters. The molecule has 0 radical (unpaired) electrons. The van der Waals surface area contributed by atoms with E-state index in [2.05, 4.69) is 23.9 Å². The summed E-state index contributed by atoms with van der Waals surface area (Å²) in [4.78, 5) is 2.81. The number of piperidine rings is 1. The molecule has 3 heteroatoms. The molecule has 4 rings (SSSR count). The van der Waals surface area contributed by atoms with Crippen LogP contribution in [0.15, 0.2) is 16.3 Å². The van der Waals surface area contributed by atoms with Crippen molar-refractivity contribution in [1.29, 1.82) is 0 Å². The van der Waals surface area contributed by atoms with Crippen LogP contribution >= 0.6 is 0 Å². The zero-order valence-electron chi connectivity index (χ0n) is 13.4. The molecular formula is C18H28N2O. The van der Waals surface area contributed by atoms with Gasteiger partial charge in [0.15, 0.2) is 0 Å². The van der Waals surface area contributed by atoms with Crippen LogP contribution in [0, 0.1) is 17.3 Å².